The van der Waals surface area contributed by atoms with Crippen LogP contribution in [0, 0.1) is 12.8 Å². The molecule has 3 rings (SSSR count). The molecule has 0 fully saturated rings. The van der Waals surface area contributed by atoms with Gasteiger partial charge in [0, 0.05) is 19.0 Å². The minimum Gasteiger partial charge on any atom is -0.481 e. The van der Waals surface area contributed by atoms with E-state index in [1.165, 1.54) is 10.6 Å². The smallest absolute Gasteiger partial charge is 0.312 e. The Bertz CT molecular complexity index is 1110. The van der Waals surface area contributed by atoms with Gasteiger partial charge in [-0.1, -0.05) is 18.2 Å². The highest BCUT2D eigenvalue weighted by Gasteiger charge is 2.52. The second kappa shape index (κ2) is 7.65. The molecule has 2 heterocycles. The molecule has 1 aliphatic carbocycles. The van der Waals surface area contributed by atoms with Gasteiger partial charge in [0.05, 0.1) is 11.6 Å². The number of sulfonamides is 1. The first kappa shape index (κ1) is 21.1. The average molecular weight is 421 g/mol. The first-order valence-electron chi connectivity index (χ1n) is 9.04. The number of aryl methyl sites for hydroxylation is 1. The molecule has 2 N–H and O–H groups in total. The maximum absolute atomic E-state index is 13.2. The van der Waals surface area contributed by atoms with Gasteiger partial charge in [-0.25, -0.2) is 17.9 Å². The first-order valence-corrected chi connectivity index (χ1v) is 10.5. The molecule has 29 heavy (non-hydrogen) atoms. The van der Waals surface area contributed by atoms with E-state index in [1.54, 1.807) is 52.2 Å². The Morgan fingerprint density at radius 3 is 2.83 bits per heavy atom. The van der Waals surface area contributed by atoms with Gasteiger partial charge < -0.3 is 9.84 Å². The Hall–Kier alpha value is -2.63. The minimum atomic E-state index is -4.31. The fourth-order valence-electron chi connectivity index (χ4n) is 3.54. The average Bonchev–Trinajstić information content (AvgIpc) is 3.07. The molecule has 1 aliphatic rings. The van der Waals surface area contributed by atoms with E-state index in [-0.39, 0.29) is 12.4 Å². The third-order valence-electron chi connectivity index (χ3n) is 4.96. The van der Waals surface area contributed by atoms with Gasteiger partial charge in [0.15, 0.2) is 0 Å². The molecule has 10 nitrogen and oxygen atoms in total. The van der Waals surface area contributed by atoms with E-state index in [2.05, 4.69) is 19.8 Å². The van der Waals surface area contributed by atoms with E-state index in [0.29, 0.717) is 5.57 Å². The molecule has 11 heteroatoms. The highest BCUT2D eigenvalue weighted by Crippen LogP contribution is 2.37. The van der Waals surface area contributed by atoms with Crippen molar-refractivity contribution in [3.63, 3.8) is 0 Å². The summed E-state index contributed by atoms with van der Waals surface area (Å²) in [4.78, 5) is 20.1. The number of hydrogen-bond donors (Lipinski definition) is 2. The summed E-state index contributed by atoms with van der Waals surface area (Å²) < 4.78 is 35.9. The highest BCUT2D eigenvalue weighted by atomic mass is 32.2. The molecule has 0 aliphatic heterocycles. The summed E-state index contributed by atoms with van der Waals surface area (Å²) in [7, 11) is -4.31. The number of rotatable bonds is 7. The number of aromatic nitrogens is 4. The Balaban J connectivity index is 2.12. The van der Waals surface area contributed by atoms with Gasteiger partial charge in [0.1, 0.15) is 5.92 Å². The number of allylic oxidation sites excluding steroid dienone is 2. The van der Waals surface area contributed by atoms with Gasteiger partial charge in [-0.05, 0) is 38.8 Å². The summed E-state index contributed by atoms with van der Waals surface area (Å²) in [5, 5.41) is 13.3. The number of nitrogens with zero attached hydrogens (tertiary/aromatic N) is 4. The fraction of sp³-hybridized carbons (Fsp3) is 0.444. The van der Waals surface area contributed by atoms with Crippen LogP contribution >= 0.6 is 0 Å². The third kappa shape index (κ3) is 3.68. The molecule has 2 aromatic rings. The van der Waals surface area contributed by atoms with Crippen LogP contribution in [0.4, 0.5) is 0 Å². The number of hydrogen-bond acceptors (Lipinski definition) is 7. The van der Waals surface area contributed by atoms with Crippen LogP contribution in [0.5, 0.6) is 0 Å². The predicted molar refractivity (Wildman–Crippen MR) is 104 cm³/mol. The number of fused-ring (bicyclic) bond motifs is 1. The van der Waals surface area contributed by atoms with Crippen LogP contribution in [0.25, 0.3) is 5.78 Å². The van der Waals surface area contributed by atoms with Crippen LogP contribution in [-0.2, 0) is 19.6 Å². The molecule has 0 aromatic carbocycles. The lowest BCUT2D eigenvalue weighted by atomic mass is 9.72. The molecule has 0 spiro atoms. The van der Waals surface area contributed by atoms with E-state index >= 15 is 0 Å². The number of aliphatic carboxylic acids is 1. The summed E-state index contributed by atoms with van der Waals surface area (Å²) in [6, 6.07) is 0. The zero-order valence-corrected chi connectivity index (χ0v) is 17.3. The van der Waals surface area contributed by atoms with Crippen molar-refractivity contribution in [2.45, 2.75) is 44.5 Å². The normalized spacial score (nSPS) is 23.2. The number of ether oxygens (including phenoxy) is 1. The third-order valence-corrected chi connectivity index (χ3v) is 6.22. The standard InChI is InChI=1S/C18H23N5O5S/c1-5-28-13(4)18(12(3)7-6-8-14(18)15(24)25)22-29(26,27)17-20-16-19-9-11(2)10-23(16)21-17/h6-10,13-14,22H,5H2,1-4H3,(H,24,25). The molecule has 0 radical (unpaired) electrons. The van der Waals surface area contributed by atoms with Crippen molar-refractivity contribution < 1.29 is 23.1 Å². The molecule has 0 amide bonds. The molecule has 3 unspecified atom stereocenters. The molecule has 2 aromatic heterocycles. The van der Waals surface area contributed by atoms with Crippen molar-refractivity contribution in [2.24, 2.45) is 5.92 Å². The Labute approximate surface area is 168 Å². The highest BCUT2D eigenvalue weighted by molar-refractivity contribution is 7.89. The number of carbonyl (C=O) groups is 1. The molecule has 0 bridgehead atoms. The molecule has 3 atom stereocenters. The lowest BCUT2D eigenvalue weighted by Gasteiger charge is -2.44. The SMILES string of the molecule is CCOC(C)C1(NS(=O)(=O)c2nc3ncc(C)cn3n2)C(C)=CC=CC1C(=O)O. The van der Waals surface area contributed by atoms with E-state index < -0.39 is 38.7 Å². The van der Waals surface area contributed by atoms with Crippen molar-refractivity contribution in [1.29, 1.82) is 0 Å². The summed E-state index contributed by atoms with van der Waals surface area (Å²) in [6.45, 7) is 7.13. The maximum Gasteiger partial charge on any atom is 0.312 e. The monoisotopic (exact) mass is 421 g/mol. The first-order chi connectivity index (χ1) is 13.6. The largest absolute Gasteiger partial charge is 0.481 e. The van der Waals surface area contributed by atoms with Crippen molar-refractivity contribution in [2.75, 3.05) is 6.61 Å². The van der Waals surface area contributed by atoms with Crippen molar-refractivity contribution in [3.8, 4) is 0 Å². The summed E-state index contributed by atoms with van der Waals surface area (Å²) in [6.07, 6.45) is 7.07. The van der Waals surface area contributed by atoms with Crippen molar-refractivity contribution in [3.05, 3.63) is 41.8 Å². The summed E-state index contributed by atoms with van der Waals surface area (Å²) >= 11 is 0. The number of carboxylic acids is 1. The van der Waals surface area contributed by atoms with Crippen LogP contribution < -0.4 is 4.72 Å². The van der Waals surface area contributed by atoms with Crippen LogP contribution in [-0.4, -0.2) is 57.3 Å². The van der Waals surface area contributed by atoms with Gasteiger partial charge in [0.25, 0.3) is 21.0 Å². The van der Waals surface area contributed by atoms with Gasteiger partial charge >= 0.3 is 5.97 Å². The predicted octanol–water partition coefficient (Wildman–Crippen LogP) is 1.09. The molecule has 0 saturated heterocycles. The zero-order chi connectivity index (χ0) is 21.4. The van der Waals surface area contributed by atoms with E-state index in [4.69, 9.17) is 4.74 Å². The van der Waals surface area contributed by atoms with Crippen LogP contribution in [0.1, 0.15) is 26.3 Å². The lowest BCUT2D eigenvalue weighted by molar-refractivity contribution is -0.144. The van der Waals surface area contributed by atoms with E-state index in [1.807, 2.05) is 0 Å². The van der Waals surface area contributed by atoms with Crippen LogP contribution in [0.3, 0.4) is 0 Å². The van der Waals surface area contributed by atoms with E-state index in [9.17, 15) is 18.3 Å². The van der Waals surface area contributed by atoms with Gasteiger partial charge in [-0.15, -0.1) is 5.10 Å². The topological polar surface area (TPSA) is 136 Å². The molecule has 156 valence electrons. The van der Waals surface area contributed by atoms with Crippen LogP contribution in [0.15, 0.2) is 41.4 Å². The second-order valence-corrected chi connectivity index (χ2v) is 8.47. The second-order valence-electron chi connectivity index (χ2n) is 6.89. The fourth-order valence-corrected chi connectivity index (χ4v) is 4.93. The number of nitrogens with one attached hydrogen (secondary N) is 1. The minimum absolute atomic E-state index is 0.119. The van der Waals surface area contributed by atoms with Crippen molar-refractivity contribution >= 4 is 21.8 Å². The molecule has 0 saturated carbocycles. The lowest BCUT2D eigenvalue weighted by Crippen LogP contribution is -2.63. The Kier molecular flexibility index (Phi) is 5.57. The Morgan fingerprint density at radius 2 is 2.17 bits per heavy atom. The van der Waals surface area contributed by atoms with Gasteiger partial charge in [-0.3, -0.25) is 4.79 Å². The van der Waals surface area contributed by atoms with Gasteiger partial charge in [-0.2, -0.15) is 9.71 Å². The molecular weight excluding hydrogens is 398 g/mol. The Morgan fingerprint density at radius 1 is 1.45 bits per heavy atom. The van der Waals surface area contributed by atoms with Gasteiger partial charge in [0.2, 0.25) is 0 Å². The summed E-state index contributed by atoms with van der Waals surface area (Å²) in [5.41, 5.74) is -0.256. The number of carboxylic acid groups (broad SMARTS) is 1. The van der Waals surface area contributed by atoms with Crippen LogP contribution in [0.2, 0.25) is 0 Å². The maximum atomic E-state index is 13.2. The quantitative estimate of drug-likeness (QED) is 0.678. The van der Waals surface area contributed by atoms with Crippen molar-refractivity contribution in [1.82, 2.24) is 24.3 Å². The molecular formula is C18H23N5O5S. The zero-order valence-electron chi connectivity index (χ0n) is 16.5. The van der Waals surface area contributed by atoms with E-state index in [0.717, 1.165) is 5.56 Å². The summed E-state index contributed by atoms with van der Waals surface area (Å²) in [5.74, 6) is -2.24.